The first-order chi connectivity index (χ1) is 9.43. The highest BCUT2D eigenvalue weighted by Gasteiger charge is 2.29. The van der Waals surface area contributed by atoms with Crippen LogP contribution in [-0.4, -0.2) is 12.4 Å². The SMILES string of the molecule is CCOC1=C(c2ccccc2)C=C(C(C)(C)C)C(=O)C1. The molecule has 0 bridgehead atoms. The quantitative estimate of drug-likeness (QED) is 0.814. The van der Waals surface area contributed by atoms with Crippen LogP contribution in [0.15, 0.2) is 47.7 Å². The number of allylic oxidation sites excluding steroid dienone is 4. The van der Waals surface area contributed by atoms with Gasteiger partial charge < -0.3 is 4.74 Å². The van der Waals surface area contributed by atoms with Crippen molar-refractivity contribution in [3.05, 3.63) is 53.3 Å². The van der Waals surface area contributed by atoms with Gasteiger partial charge in [-0.05, 0) is 24.0 Å². The van der Waals surface area contributed by atoms with E-state index in [1.54, 1.807) is 0 Å². The van der Waals surface area contributed by atoms with Crippen molar-refractivity contribution in [2.24, 2.45) is 5.41 Å². The van der Waals surface area contributed by atoms with Crippen LogP contribution in [0.4, 0.5) is 0 Å². The van der Waals surface area contributed by atoms with Gasteiger partial charge in [-0.2, -0.15) is 0 Å². The second kappa shape index (κ2) is 5.66. The van der Waals surface area contributed by atoms with E-state index in [-0.39, 0.29) is 11.2 Å². The van der Waals surface area contributed by atoms with Crippen LogP contribution in [0.1, 0.15) is 39.7 Å². The summed E-state index contributed by atoms with van der Waals surface area (Å²) in [5, 5.41) is 0. The number of hydrogen-bond acceptors (Lipinski definition) is 2. The average Bonchev–Trinajstić information content (AvgIpc) is 2.39. The minimum atomic E-state index is -0.144. The summed E-state index contributed by atoms with van der Waals surface area (Å²) in [7, 11) is 0. The van der Waals surface area contributed by atoms with Crippen LogP contribution in [-0.2, 0) is 9.53 Å². The van der Waals surface area contributed by atoms with E-state index in [2.05, 4.69) is 32.9 Å². The Morgan fingerprint density at radius 1 is 1.15 bits per heavy atom. The number of carbonyl (C=O) groups excluding carboxylic acids is 1. The molecule has 0 unspecified atom stereocenters. The maximum Gasteiger partial charge on any atom is 0.166 e. The standard InChI is InChI=1S/C18H22O2/c1-5-20-17-12-16(19)15(18(2,3)4)11-14(17)13-9-7-6-8-10-13/h6-11H,5,12H2,1-4H3. The summed E-state index contributed by atoms with van der Waals surface area (Å²) in [5.74, 6) is 0.956. The summed E-state index contributed by atoms with van der Waals surface area (Å²) in [6, 6.07) is 10.1. The molecule has 0 aliphatic heterocycles. The molecule has 0 heterocycles. The smallest absolute Gasteiger partial charge is 0.166 e. The number of ether oxygens (including phenoxy) is 1. The van der Waals surface area contributed by atoms with Gasteiger partial charge in [-0.1, -0.05) is 51.1 Å². The summed E-state index contributed by atoms with van der Waals surface area (Å²) in [4.78, 5) is 12.3. The molecule has 0 N–H and O–H groups in total. The van der Waals surface area contributed by atoms with Crippen LogP contribution >= 0.6 is 0 Å². The first-order valence-corrected chi connectivity index (χ1v) is 7.10. The molecule has 0 saturated carbocycles. The highest BCUT2D eigenvalue weighted by Crippen LogP contribution is 2.37. The molecule has 0 amide bonds. The van der Waals surface area contributed by atoms with Crippen molar-refractivity contribution in [1.29, 1.82) is 0 Å². The second-order valence-electron chi connectivity index (χ2n) is 6.04. The first kappa shape index (κ1) is 14.6. The summed E-state index contributed by atoms with van der Waals surface area (Å²) in [6.45, 7) is 8.75. The molecule has 1 aromatic carbocycles. The molecular formula is C18H22O2. The lowest BCUT2D eigenvalue weighted by Gasteiger charge is -2.27. The fourth-order valence-electron chi connectivity index (χ4n) is 2.44. The van der Waals surface area contributed by atoms with Crippen molar-refractivity contribution in [3.8, 4) is 0 Å². The van der Waals surface area contributed by atoms with Crippen LogP contribution in [0, 0.1) is 5.41 Å². The van der Waals surface area contributed by atoms with E-state index < -0.39 is 0 Å². The van der Waals surface area contributed by atoms with Gasteiger partial charge in [0, 0.05) is 11.1 Å². The normalized spacial score (nSPS) is 16.2. The zero-order valence-electron chi connectivity index (χ0n) is 12.7. The topological polar surface area (TPSA) is 26.3 Å². The molecule has 106 valence electrons. The fraction of sp³-hybridized carbons (Fsp3) is 0.389. The molecule has 0 fully saturated rings. The van der Waals surface area contributed by atoms with Crippen molar-refractivity contribution in [2.45, 2.75) is 34.1 Å². The van der Waals surface area contributed by atoms with Gasteiger partial charge in [-0.3, -0.25) is 4.79 Å². The van der Waals surface area contributed by atoms with Gasteiger partial charge in [0.15, 0.2) is 5.78 Å². The zero-order chi connectivity index (χ0) is 14.8. The van der Waals surface area contributed by atoms with E-state index in [0.29, 0.717) is 13.0 Å². The predicted molar refractivity (Wildman–Crippen MR) is 82.2 cm³/mol. The summed E-state index contributed by atoms with van der Waals surface area (Å²) in [5.41, 5.74) is 2.87. The van der Waals surface area contributed by atoms with Gasteiger partial charge in [0.1, 0.15) is 5.76 Å². The average molecular weight is 270 g/mol. The Bertz CT molecular complexity index is 557. The molecule has 20 heavy (non-hydrogen) atoms. The highest BCUT2D eigenvalue weighted by atomic mass is 16.5. The van der Waals surface area contributed by atoms with Gasteiger partial charge in [-0.15, -0.1) is 0 Å². The number of carbonyl (C=O) groups is 1. The Balaban J connectivity index is 2.54. The first-order valence-electron chi connectivity index (χ1n) is 7.10. The maximum absolute atomic E-state index is 12.3. The van der Waals surface area contributed by atoms with Crippen LogP contribution in [0.25, 0.3) is 5.57 Å². The van der Waals surface area contributed by atoms with E-state index in [0.717, 1.165) is 22.5 Å². The molecule has 2 rings (SSSR count). The summed E-state index contributed by atoms with van der Waals surface area (Å²) < 4.78 is 5.70. The largest absolute Gasteiger partial charge is 0.497 e. The molecule has 0 saturated heterocycles. The Kier molecular flexibility index (Phi) is 4.12. The third kappa shape index (κ3) is 3.01. The lowest BCUT2D eigenvalue weighted by Crippen LogP contribution is -2.22. The van der Waals surface area contributed by atoms with Crippen molar-refractivity contribution >= 4 is 11.4 Å². The monoisotopic (exact) mass is 270 g/mol. The molecule has 1 aromatic rings. The van der Waals surface area contributed by atoms with Crippen molar-refractivity contribution in [1.82, 2.24) is 0 Å². The van der Waals surface area contributed by atoms with Crippen molar-refractivity contribution in [2.75, 3.05) is 6.61 Å². The van der Waals surface area contributed by atoms with E-state index in [1.807, 2.05) is 31.2 Å². The van der Waals surface area contributed by atoms with Crippen LogP contribution in [0.3, 0.4) is 0 Å². The van der Waals surface area contributed by atoms with E-state index in [1.165, 1.54) is 0 Å². The molecule has 0 atom stereocenters. The Hall–Kier alpha value is -1.83. The Morgan fingerprint density at radius 3 is 2.35 bits per heavy atom. The van der Waals surface area contributed by atoms with Gasteiger partial charge in [-0.25, -0.2) is 0 Å². The van der Waals surface area contributed by atoms with E-state index in [4.69, 9.17) is 4.74 Å². The fourth-order valence-corrected chi connectivity index (χ4v) is 2.44. The van der Waals surface area contributed by atoms with Crippen LogP contribution in [0.2, 0.25) is 0 Å². The molecule has 0 spiro atoms. The number of rotatable bonds is 3. The highest BCUT2D eigenvalue weighted by molar-refractivity contribution is 6.04. The zero-order valence-corrected chi connectivity index (χ0v) is 12.7. The van der Waals surface area contributed by atoms with Crippen molar-refractivity contribution < 1.29 is 9.53 Å². The number of hydrogen-bond donors (Lipinski definition) is 0. The molecule has 0 radical (unpaired) electrons. The van der Waals surface area contributed by atoms with Gasteiger partial charge in [0.2, 0.25) is 0 Å². The van der Waals surface area contributed by atoms with Gasteiger partial charge >= 0.3 is 0 Å². The minimum absolute atomic E-state index is 0.144. The number of benzene rings is 1. The lowest BCUT2D eigenvalue weighted by molar-refractivity contribution is -0.116. The van der Waals surface area contributed by atoms with E-state index >= 15 is 0 Å². The summed E-state index contributed by atoms with van der Waals surface area (Å²) >= 11 is 0. The van der Waals surface area contributed by atoms with E-state index in [9.17, 15) is 4.79 Å². The maximum atomic E-state index is 12.3. The molecular weight excluding hydrogens is 248 g/mol. The molecule has 0 aromatic heterocycles. The van der Waals surface area contributed by atoms with Crippen LogP contribution < -0.4 is 0 Å². The minimum Gasteiger partial charge on any atom is -0.497 e. The predicted octanol–water partition coefficient (Wildman–Crippen LogP) is 4.38. The summed E-state index contributed by atoms with van der Waals surface area (Å²) in [6.07, 6.45) is 2.37. The van der Waals surface area contributed by atoms with Gasteiger partial charge in [0.25, 0.3) is 0 Å². The molecule has 1 aliphatic carbocycles. The second-order valence-corrected chi connectivity index (χ2v) is 6.04. The molecule has 2 heteroatoms. The number of ketones is 1. The lowest BCUT2D eigenvalue weighted by atomic mass is 9.78. The third-order valence-electron chi connectivity index (χ3n) is 3.42. The number of Topliss-reactive ketones (excluding diaryl/α,β-unsaturated/α-hetero) is 1. The Labute approximate surface area is 121 Å². The van der Waals surface area contributed by atoms with Crippen molar-refractivity contribution in [3.63, 3.8) is 0 Å². The third-order valence-corrected chi connectivity index (χ3v) is 3.42. The van der Waals surface area contributed by atoms with Crippen LogP contribution in [0.5, 0.6) is 0 Å². The Morgan fingerprint density at radius 2 is 1.80 bits per heavy atom. The molecule has 2 nitrogen and oxygen atoms in total. The molecule has 1 aliphatic rings. The van der Waals surface area contributed by atoms with Gasteiger partial charge in [0.05, 0.1) is 13.0 Å².